The van der Waals surface area contributed by atoms with E-state index >= 15 is 0 Å². The van der Waals surface area contributed by atoms with Crippen molar-refractivity contribution in [1.82, 2.24) is 29.1 Å². The fourth-order valence-corrected chi connectivity index (χ4v) is 7.84. The number of hydrogen-bond donors (Lipinski definition) is 2. The maximum atomic E-state index is 10.7. The zero-order chi connectivity index (χ0) is 57.3. The van der Waals surface area contributed by atoms with Gasteiger partial charge >= 0.3 is 15.6 Å². The summed E-state index contributed by atoms with van der Waals surface area (Å²) in [5, 5.41) is 14.0. The molecule has 0 amide bonds. The summed E-state index contributed by atoms with van der Waals surface area (Å²) in [6.07, 6.45) is 3.62. The van der Waals surface area contributed by atoms with Gasteiger partial charge in [0.2, 0.25) is 0 Å². The monoisotopic (exact) mass is 1480 g/mol. The summed E-state index contributed by atoms with van der Waals surface area (Å²) in [6.45, 7) is 4.12. The molecule has 82 heavy (non-hydrogen) atoms. The topological polar surface area (TPSA) is 163 Å². The number of nitrogens with zero attached hydrogens (tertiary/aromatic N) is 6. The number of aliphatic hydroxyl groups is 2. The van der Waals surface area contributed by atoms with Gasteiger partial charge in [-0.05, 0) is 85.9 Å². The Hall–Kier alpha value is -8.08. The number of imidazole rings is 2. The van der Waals surface area contributed by atoms with Gasteiger partial charge in [0, 0.05) is 83.8 Å². The molecule has 2 radical (unpaired) electrons. The zero-order valence-corrected chi connectivity index (χ0v) is 50.3. The maximum absolute atomic E-state index is 10.7. The van der Waals surface area contributed by atoms with Crippen LogP contribution in [0.3, 0.4) is 0 Å². The predicted octanol–water partition coefficient (Wildman–Crippen LogP) is 14.3. The van der Waals surface area contributed by atoms with Crippen LogP contribution in [0.15, 0.2) is 249 Å². The molecule has 424 valence electrons. The third-order valence-electron chi connectivity index (χ3n) is 11.4. The average molecular weight is 1470 g/mol. The van der Waals surface area contributed by atoms with Gasteiger partial charge in [0.25, 0.3) is 0 Å². The molecule has 0 aliphatic carbocycles. The van der Waals surface area contributed by atoms with Crippen LogP contribution < -0.4 is 0 Å². The van der Waals surface area contributed by atoms with Crippen molar-refractivity contribution in [2.45, 2.75) is 19.4 Å². The second-order valence-corrected chi connectivity index (χ2v) is 18.1. The normalized spacial score (nSPS) is 10.8. The Morgan fingerprint density at radius 2 is 0.793 bits per heavy atom. The summed E-state index contributed by atoms with van der Waals surface area (Å²) in [4.78, 5) is 18.2. The van der Waals surface area contributed by atoms with Crippen LogP contribution >= 0.6 is 0 Å². The number of fused-ring (bicyclic) bond motifs is 2. The van der Waals surface area contributed by atoms with E-state index in [2.05, 4.69) is 136 Å². The van der Waals surface area contributed by atoms with E-state index in [1.807, 2.05) is 164 Å². The van der Waals surface area contributed by atoms with Gasteiger partial charge < -0.3 is 29.3 Å². The SMILES string of the molecule is CO.CO.Cc1cccnc1-c1[c-]cccc1.Cc1cccnc1-c1[c-]cccc1.O=S([O-])(=[OH+])C(F)(F)F.[Ir].[Ir].[c-]1ccccc1-c1nc2ccccc2n1-c1ccccc1.c1ccc(-c2nc3ccccc3n2-c2ccccc2)cc1. The number of rotatable bonds is 6. The summed E-state index contributed by atoms with van der Waals surface area (Å²) in [6, 6.07) is 88.8. The minimum atomic E-state index is -5.84. The number of alkyl halides is 3. The van der Waals surface area contributed by atoms with E-state index in [9.17, 15) is 13.2 Å². The number of aliphatic hydroxyl groups excluding tert-OH is 2. The van der Waals surface area contributed by atoms with E-state index in [4.69, 9.17) is 33.2 Å². The molecule has 1 unspecified atom stereocenters. The van der Waals surface area contributed by atoms with Crippen LogP contribution in [0.1, 0.15) is 11.1 Å². The van der Waals surface area contributed by atoms with Crippen LogP contribution in [0.2, 0.25) is 0 Å². The van der Waals surface area contributed by atoms with Gasteiger partial charge in [-0.3, -0.25) is 9.55 Å². The minimum absolute atomic E-state index is 0. The molecule has 0 fully saturated rings. The summed E-state index contributed by atoms with van der Waals surface area (Å²) >= 11 is 0. The van der Waals surface area contributed by atoms with Crippen molar-refractivity contribution in [3.05, 3.63) is 278 Å². The zero-order valence-electron chi connectivity index (χ0n) is 44.7. The summed E-state index contributed by atoms with van der Waals surface area (Å²) in [5.41, 5.74) is 9.58. The number of pyridine rings is 2. The van der Waals surface area contributed by atoms with Crippen LogP contribution in [-0.4, -0.2) is 72.0 Å². The molecule has 0 saturated carbocycles. The molecular formula is C65H56F3Ir2N6O5S-3. The Morgan fingerprint density at radius 3 is 1.16 bits per heavy atom. The molecule has 0 saturated heterocycles. The minimum Gasteiger partial charge on any atom is -0.699 e. The Labute approximate surface area is 503 Å². The second kappa shape index (κ2) is 33.6. The molecule has 0 aliphatic rings. The first-order valence-corrected chi connectivity index (χ1v) is 26.1. The molecule has 4 aromatic heterocycles. The van der Waals surface area contributed by atoms with E-state index in [1.54, 1.807) is 0 Å². The molecule has 8 aromatic carbocycles. The third kappa shape index (κ3) is 18.2. The quantitative estimate of drug-likeness (QED) is 0.0719. The van der Waals surface area contributed by atoms with Crippen LogP contribution in [0.5, 0.6) is 0 Å². The van der Waals surface area contributed by atoms with Crippen molar-refractivity contribution < 1.29 is 76.6 Å². The Balaban J connectivity index is 0.000000223. The van der Waals surface area contributed by atoms with Crippen LogP contribution in [0.4, 0.5) is 13.2 Å². The van der Waals surface area contributed by atoms with Gasteiger partial charge in [-0.2, -0.15) is 17.4 Å². The van der Waals surface area contributed by atoms with Gasteiger partial charge in [0.15, 0.2) is 0 Å². The molecular weight excluding hydrogens is 1420 g/mol. The number of halogens is 3. The van der Waals surface area contributed by atoms with Gasteiger partial charge in [0.05, 0.1) is 27.9 Å². The number of para-hydroxylation sites is 6. The smallest absolute Gasteiger partial charge is 0.532 e. The van der Waals surface area contributed by atoms with E-state index in [0.717, 1.165) is 93.0 Å². The standard InChI is InChI=1S/C19H14N2.C19H13N2.2C12H10N.CHF3O3S.2CH4O.2Ir/c2*1-3-9-15(10-4-1)19-20-17-13-7-8-14-18(17)21(19)16-11-5-2-6-12-16;2*1-10-6-5-9-13-12(10)11-7-3-2-4-8-11;2-1(3,4)8(5,6)7;2*1-2;;/h1-14H;1-9,11-14H;2*2-7,9H,1H3;(H,5,6,7);2*2H,1H3;;/q;3*-1;;;;;. The first-order chi connectivity index (χ1) is 38.9. The Bertz CT molecular complexity index is 3630. The van der Waals surface area contributed by atoms with E-state index < -0.39 is 15.6 Å². The van der Waals surface area contributed by atoms with Crippen LogP contribution in [0, 0.1) is 32.0 Å². The molecule has 4 heterocycles. The number of aryl methyl sites for hydroxylation is 2. The van der Waals surface area contributed by atoms with Crippen molar-refractivity contribution in [1.29, 1.82) is 0 Å². The van der Waals surface area contributed by atoms with E-state index in [0.29, 0.717) is 0 Å². The average Bonchev–Trinajstić information content (AvgIpc) is 3.58. The van der Waals surface area contributed by atoms with Crippen molar-refractivity contribution in [2.24, 2.45) is 0 Å². The summed E-state index contributed by atoms with van der Waals surface area (Å²) in [5.74, 6) is 1.89. The van der Waals surface area contributed by atoms with E-state index in [-0.39, 0.29) is 40.2 Å². The molecule has 1 atom stereocenters. The van der Waals surface area contributed by atoms with Crippen molar-refractivity contribution >= 4 is 32.2 Å². The summed E-state index contributed by atoms with van der Waals surface area (Å²) in [7, 11) is -3.84. The van der Waals surface area contributed by atoms with Gasteiger partial charge in [-0.1, -0.05) is 114 Å². The Morgan fingerprint density at radius 1 is 0.463 bits per heavy atom. The maximum Gasteiger partial charge on any atom is 0.532 e. The number of aromatic nitrogens is 6. The van der Waals surface area contributed by atoms with Crippen molar-refractivity contribution in [2.75, 3.05) is 14.2 Å². The second-order valence-electron chi connectivity index (χ2n) is 16.6. The van der Waals surface area contributed by atoms with Crippen molar-refractivity contribution in [3.63, 3.8) is 0 Å². The fraction of sp³-hybridized carbons (Fsp3) is 0.0769. The molecule has 17 heteroatoms. The van der Waals surface area contributed by atoms with Gasteiger partial charge in [-0.25, -0.2) is 9.19 Å². The molecule has 0 spiro atoms. The third-order valence-corrected chi connectivity index (χ3v) is 12.0. The number of benzene rings is 8. The van der Waals surface area contributed by atoms with Crippen LogP contribution in [0.25, 0.3) is 78.7 Å². The molecule has 0 bridgehead atoms. The summed E-state index contributed by atoms with van der Waals surface area (Å²) < 4.78 is 61.9. The van der Waals surface area contributed by atoms with Gasteiger partial charge in [-0.15, -0.1) is 108 Å². The molecule has 0 aliphatic heterocycles. The Kier molecular flexibility index (Phi) is 27.2. The predicted molar refractivity (Wildman–Crippen MR) is 312 cm³/mol. The number of hydrogen-bond acceptors (Lipinski definition) is 8. The first kappa shape index (κ1) is 66.4. The molecule has 12 rings (SSSR count). The molecule has 3 N–H and O–H groups in total. The fourth-order valence-electron chi connectivity index (χ4n) is 7.84. The van der Waals surface area contributed by atoms with E-state index in [1.165, 1.54) is 11.1 Å². The molecule has 12 aromatic rings. The van der Waals surface area contributed by atoms with Crippen LogP contribution in [-0.2, 0) is 50.3 Å². The molecule has 11 nitrogen and oxygen atoms in total. The first-order valence-electron chi connectivity index (χ1n) is 24.7. The van der Waals surface area contributed by atoms with Gasteiger partial charge in [0.1, 0.15) is 5.82 Å². The van der Waals surface area contributed by atoms with Crippen molar-refractivity contribution in [3.8, 4) is 56.7 Å². The largest absolute Gasteiger partial charge is 0.699 e.